The zero-order chi connectivity index (χ0) is 32.6. The van der Waals surface area contributed by atoms with Crippen LogP contribution in [0, 0.1) is 41.2 Å². The molecule has 1 saturated heterocycles. The summed E-state index contributed by atoms with van der Waals surface area (Å²) in [4.78, 5) is 26.8. The molecule has 0 aliphatic carbocycles. The highest BCUT2D eigenvalue weighted by Crippen LogP contribution is 2.52. The van der Waals surface area contributed by atoms with Gasteiger partial charge in [0.2, 0.25) is 5.91 Å². The highest BCUT2D eigenvalue weighted by atomic mass is 35.5. The van der Waals surface area contributed by atoms with Crippen molar-refractivity contribution in [1.29, 1.82) is 5.26 Å². The number of benzene rings is 3. The first kappa shape index (κ1) is 33.1. The molecule has 4 atom stereocenters. The highest BCUT2D eigenvalue weighted by Gasteiger charge is 2.61. The minimum atomic E-state index is -1.70. The second-order valence-electron chi connectivity index (χ2n) is 13.0. The summed E-state index contributed by atoms with van der Waals surface area (Å²) in [6, 6.07) is 14.2. The highest BCUT2D eigenvalue weighted by molar-refractivity contribution is 6.30. The van der Waals surface area contributed by atoms with Gasteiger partial charge in [-0.3, -0.25) is 9.59 Å². The number of anilines is 1. The Labute approximate surface area is 262 Å². The van der Waals surface area contributed by atoms with Crippen LogP contribution in [-0.4, -0.2) is 30.9 Å². The van der Waals surface area contributed by atoms with Gasteiger partial charge in [-0.25, -0.2) is 8.78 Å². The summed E-state index contributed by atoms with van der Waals surface area (Å²) in [6.45, 7) is 11.3. The SMILES string of the molecule is COc1cc(C(=O)C(C)C)ccc1NC(=O)[C@@H]1N[C@@H](CC(C)(C)C)[C@](C#N)(c2ccc(C)cc2F)[C@H]1c1cccc(Cl)c1F. The van der Waals surface area contributed by atoms with E-state index < -0.39 is 41.0 Å². The smallest absolute Gasteiger partial charge is 0.242 e. The third-order valence-electron chi connectivity index (χ3n) is 8.19. The van der Waals surface area contributed by atoms with Gasteiger partial charge in [-0.2, -0.15) is 5.26 Å². The van der Waals surface area contributed by atoms with Crippen molar-refractivity contribution >= 4 is 29.0 Å². The lowest BCUT2D eigenvalue weighted by molar-refractivity contribution is -0.118. The van der Waals surface area contributed by atoms with Crippen LogP contribution >= 0.6 is 11.6 Å². The van der Waals surface area contributed by atoms with Crippen LogP contribution in [0.1, 0.15) is 74.0 Å². The number of nitrogens with zero attached hydrogens (tertiary/aromatic N) is 1. The number of aryl methyl sites for hydroxylation is 1. The van der Waals surface area contributed by atoms with Crippen LogP contribution < -0.4 is 15.4 Å². The molecule has 2 N–H and O–H groups in total. The summed E-state index contributed by atoms with van der Waals surface area (Å²) in [7, 11) is 1.42. The van der Waals surface area contributed by atoms with Crippen LogP contribution in [0.25, 0.3) is 0 Å². The van der Waals surface area contributed by atoms with Gasteiger partial charge in [0.05, 0.1) is 29.9 Å². The third kappa shape index (κ3) is 6.22. The van der Waals surface area contributed by atoms with E-state index in [-0.39, 0.29) is 44.7 Å². The maximum Gasteiger partial charge on any atom is 0.242 e. The second-order valence-corrected chi connectivity index (χ2v) is 13.4. The lowest BCUT2D eigenvalue weighted by atomic mass is 9.62. The molecular weight excluding hydrogens is 584 g/mol. The topological polar surface area (TPSA) is 91.2 Å². The van der Waals surface area contributed by atoms with Gasteiger partial charge in [0.25, 0.3) is 0 Å². The van der Waals surface area contributed by atoms with Crippen molar-refractivity contribution in [3.63, 3.8) is 0 Å². The van der Waals surface area contributed by atoms with E-state index in [1.807, 2.05) is 20.8 Å². The van der Waals surface area contributed by atoms with E-state index >= 15 is 8.78 Å². The number of amides is 1. The molecule has 0 radical (unpaired) electrons. The molecule has 0 spiro atoms. The molecule has 1 aliphatic rings. The van der Waals surface area contributed by atoms with Crippen molar-refractivity contribution in [2.75, 3.05) is 12.4 Å². The van der Waals surface area contributed by atoms with E-state index in [9.17, 15) is 14.9 Å². The minimum absolute atomic E-state index is 0.0212. The van der Waals surface area contributed by atoms with Gasteiger partial charge < -0.3 is 15.4 Å². The molecule has 9 heteroatoms. The first-order valence-electron chi connectivity index (χ1n) is 14.6. The molecule has 0 aromatic heterocycles. The van der Waals surface area contributed by atoms with Gasteiger partial charge in [-0.15, -0.1) is 0 Å². The fourth-order valence-electron chi connectivity index (χ4n) is 6.18. The molecule has 232 valence electrons. The molecule has 1 amide bonds. The minimum Gasteiger partial charge on any atom is -0.495 e. The summed E-state index contributed by atoms with van der Waals surface area (Å²) < 4.78 is 37.3. The Hall–Kier alpha value is -3.80. The molecule has 1 aliphatic heterocycles. The maximum absolute atomic E-state index is 15.9. The predicted octanol–water partition coefficient (Wildman–Crippen LogP) is 7.73. The molecule has 0 saturated carbocycles. The Morgan fingerprint density at radius 1 is 1.14 bits per heavy atom. The number of ether oxygens (including phenoxy) is 1. The van der Waals surface area contributed by atoms with E-state index in [2.05, 4.69) is 16.7 Å². The van der Waals surface area contributed by atoms with E-state index in [1.165, 1.54) is 25.3 Å². The molecule has 3 aromatic carbocycles. The summed E-state index contributed by atoms with van der Waals surface area (Å²) >= 11 is 6.23. The Morgan fingerprint density at radius 3 is 2.43 bits per heavy atom. The molecule has 0 unspecified atom stereocenters. The van der Waals surface area contributed by atoms with Crippen LogP contribution in [0.2, 0.25) is 5.02 Å². The van der Waals surface area contributed by atoms with Gasteiger partial charge in [0.15, 0.2) is 5.78 Å². The van der Waals surface area contributed by atoms with Gasteiger partial charge in [-0.05, 0) is 60.2 Å². The molecular formula is C35H38ClF2N3O3. The fourth-order valence-corrected chi connectivity index (χ4v) is 6.36. The summed E-state index contributed by atoms with van der Waals surface area (Å²) in [6.07, 6.45) is 0.367. The summed E-state index contributed by atoms with van der Waals surface area (Å²) in [5, 5.41) is 17.0. The number of carbonyl (C=O) groups excluding carboxylic acids is 2. The fraction of sp³-hybridized carbons (Fsp3) is 0.400. The Morgan fingerprint density at radius 2 is 1.84 bits per heavy atom. The van der Waals surface area contributed by atoms with Gasteiger partial charge >= 0.3 is 0 Å². The Kier molecular flexibility index (Phi) is 9.53. The van der Waals surface area contributed by atoms with Crippen molar-refractivity contribution in [1.82, 2.24) is 5.32 Å². The predicted molar refractivity (Wildman–Crippen MR) is 168 cm³/mol. The van der Waals surface area contributed by atoms with E-state index in [0.717, 1.165) is 0 Å². The standard InChI is InChI=1S/C35H38ClF2N3O3/c1-19(2)32(42)21-12-14-26(27(16-21)44-7)40-33(43)31-29(22-9-8-10-24(36)30(22)38)35(18-39,28(41-31)17-34(4,5)6)23-13-11-20(3)15-25(23)37/h8-16,19,28-29,31,41H,17H2,1-7H3,(H,40,43)/t28-,29-,31+,35-/m0/s1. The number of hydrogen-bond donors (Lipinski definition) is 2. The van der Waals surface area contributed by atoms with Crippen LogP contribution in [0.3, 0.4) is 0 Å². The molecule has 0 bridgehead atoms. The monoisotopic (exact) mass is 621 g/mol. The number of carbonyl (C=O) groups is 2. The summed E-state index contributed by atoms with van der Waals surface area (Å²) in [5.74, 6) is -3.22. The van der Waals surface area contributed by atoms with Crippen LogP contribution in [0.15, 0.2) is 54.6 Å². The third-order valence-corrected chi connectivity index (χ3v) is 8.49. The number of ketones is 1. The van der Waals surface area contributed by atoms with Gasteiger partial charge in [0.1, 0.15) is 22.8 Å². The number of nitriles is 1. The van der Waals surface area contributed by atoms with Gasteiger partial charge in [-0.1, -0.05) is 70.5 Å². The van der Waals surface area contributed by atoms with E-state index in [1.54, 1.807) is 57.2 Å². The zero-order valence-electron chi connectivity index (χ0n) is 26.0. The number of rotatable bonds is 8. The molecule has 44 heavy (non-hydrogen) atoms. The first-order valence-corrected chi connectivity index (χ1v) is 14.9. The van der Waals surface area contributed by atoms with Crippen LogP contribution in [0.4, 0.5) is 14.5 Å². The Balaban J connectivity index is 1.92. The largest absolute Gasteiger partial charge is 0.495 e. The molecule has 1 heterocycles. The normalized spacial score (nSPS) is 21.6. The first-order chi connectivity index (χ1) is 20.6. The summed E-state index contributed by atoms with van der Waals surface area (Å²) in [5.41, 5.74) is -0.593. The van der Waals surface area contributed by atoms with Crippen molar-refractivity contribution in [2.45, 2.75) is 71.4 Å². The maximum atomic E-state index is 15.9. The number of methoxy groups -OCH3 is 1. The second kappa shape index (κ2) is 12.7. The number of hydrogen-bond acceptors (Lipinski definition) is 5. The molecule has 4 rings (SSSR count). The van der Waals surface area contributed by atoms with E-state index in [0.29, 0.717) is 17.5 Å². The van der Waals surface area contributed by atoms with Crippen LogP contribution in [0.5, 0.6) is 5.75 Å². The lowest BCUT2D eigenvalue weighted by Gasteiger charge is -2.37. The lowest BCUT2D eigenvalue weighted by Crippen LogP contribution is -2.45. The number of nitrogens with one attached hydrogen (secondary N) is 2. The molecule has 6 nitrogen and oxygen atoms in total. The number of halogens is 3. The van der Waals surface area contributed by atoms with Crippen molar-refractivity contribution in [3.8, 4) is 11.8 Å². The average molecular weight is 622 g/mol. The van der Waals surface area contributed by atoms with Crippen molar-refractivity contribution in [2.24, 2.45) is 11.3 Å². The Bertz CT molecular complexity index is 1630. The molecule has 3 aromatic rings. The van der Waals surface area contributed by atoms with Gasteiger partial charge in [0, 0.05) is 29.0 Å². The molecule has 1 fully saturated rings. The van der Waals surface area contributed by atoms with Crippen molar-refractivity contribution < 1.29 is 23.1 Å². The average Bonchev–Trinajstić information content (AvgIpc) is 3.27. The van der Waals surface area contributed by atoms with Crippen molar-refractivity contribution in [3.05, 3.63) is 93.5 Å². The van der Waals surface area contributed by atoms with E-state index in [4.69, 9.17) is 16.3 Å². The number of Topliss-reactive ketones (excluding diaryl/α,β-unsaturated/α-hetero) is 1. The zero-order valence-corrected chi connectivity index (χ0v) is 26.8. The quantitative estimate of drug-likeness (QED) is 0.251. The van der Waals surface area contributed by atoms with Crippen LogP contribution in [-0.2, 0) is 10.2 Å².